The molecule has 0 bridgehead atoms. The predicted molar refractivity (Wildman–Crippen MR) is 89.0 cm³/mol. The van der Waals surface area contributed by atoms with Gasteiger partial charge in [0.1, 0.15) is 5.75 Å². The Balaban J connectivity index is 2.06. The van der Waals surface area contributed by atoms with Gasteiger partial charge in [-0.05, 0) is 35.4 Å². The number of aromatic nitrogens is 2. The lowest BCUT2D eigenvalue weighted by atomic mass is 10.1. The van der Waals surface area contributed by atoms with Crippen molar-refractivity contribution in [2.45, 2.75) is 12.5 Å². The fourth-order valence-corrected chi connectivity index (χ4v) is 2.60. The van der Waals surface area contributed by atoms with Gasteiger partial charge in [0.2, 0.25) is 5.82 Å². The van der Waals surface area contributed by atoms with E-state index in [1.807, 2.05) is 0 Å². The van der Waals surface area contributed by atoms with Crippen LogP contribution in [-0.2, 0) is 11.0 Å². The summed E-state index contributed by atoms with van der Waals surface area (Å²) in [5, 5.41) is 8.68. The molecule has 3 rings (SSSR count). The Labute approximate surface area is 158 Å². The smallest absolute Gasteiger partial charge is 0.478 e. The third kappa shape index (κ3) is 4.68. The van der Waals surface area contributed by atoms with Crippen molar-refractivity contribution in [2.24, 2.45) is 0 Å². The Hall–Kier alpha value is -3.50. The molecule has 1 N–H and O–H groups in total. The van der Waals surface area contributed by atoms with E-state index in [9.17, 15) is 31.1 Å². The van der Waals surface area contributed by atoms with Crippen LogP contribution in [-0.4, -0.2) is 26.8 Å². The molecule has 2 heterocycles. The first-order chi connectivity index (χ1) is 13.4. The molecular weight excluding hydrogens is 406 g/mol. The number of rotatable bonds is 4. The molecule has 0 spiro atoms. The highest BCUT2D eigenvalue weighted by Crippen LogP contribution is 2.33. The van der Waals surface area contributed by atoms with Crippen molar-refractivity contribution in [1.82, 2.24) is 9.38 Å². The Morgan fingerprint density at radius 1 is 1.00 bits per heavy atom. The van der Waals surface area contributed by atoms with Gasteiger partial charge in [0.15, 0.2) is 0 Å². The Bertz CT molecular complexity index is 1080. The topological polar surface area (TPSA) is 63.8 Å². The van der Waals surface area contributed by atoms with E-state index in [-0.39, 0.29) is 16.8 Å². The summed E-state index contributed by atoms with van der Waals surface area (Å²) in [6, 6.07) is 7.34. The number of alkyl halides is 6. The average molecular weight is 416 g/mol. The van der Waals surface area contributed by atoms with Crippen LogP contribution in [0.1, 0.15) is 11.5 Å². The number of aliphatic carboxylic acids is 1. The highest BCUT2D eigenvalue weighted by molar-refractivity contribution is 5.87. The van der Waals surface area contributed by atoms with Crippen molar-refractivity contribution >= 4 is 17.6 Å². The van der Waals surface area contributed by atoms with Gasteiger partial charge < -0.3 is 9.84 Å². The van der Waals surface area contributed by atoms with Crippen LogP contribution in [0.4, 0.5) is 26.3 Å². The Kier molecular flexibility index (Phi) is 4.99. The number of imidazole rings is 1. The van der Waals surface area contributed by atoms with E-state index in [0.717, 1.165) is 28.8 Å². The molecule has 0 saturated heterocycles. The molecule has 0 radical (unpaired) electrons. The van der Waals surface area contributed by atoms with Crippen molar-refractivity contribution in [2.75, 3.05) is 0 Å². The number of carboxylic acids is 1. The molecule has 1 aromatic carbocycles. The van der Waals surface area contributed by atoms with Crippen LogP contribution in [0.15, 0.2) is 48.7 Å². The van der Waals surface area contributed by atoms with Crippen LogP contribution in [0, 0.1) is 0 Å². The number of fused-ring (bicyclic) bond motifs is 1. The minimum atomic E-state index is -4.86. The number of hydrogen-bond donors (Lipinski definition) is 1. The number of carbonyl (C=O) groups is 1. The van der Waals surface area contributed by atoms with E-state index in [1.54, 1.807) is 0 Å². The summed E-state index contributed by atoms with van der Waals surface area (Å²) in [5.41, 5.74) is 0.425. The number of hydrogen-bond acceptors (Lipinski definition) is 3. The molecule has 0 amide bonds. The molecule has 152 valence electrons. The molecule has 2 aromatic heterocycles. The standard InChI is InChI=1S/C18H10F6N2O3/c19-17(20,21)16-25-13(6-8-15(27)28)14-7-3-11(9-26(14)16)10-1-4-12(5-2-10)29-18(22,23)24/h1-9H,(H,27,28)/b8-6+. The average Bonchev–Trinajstić information content (AvgIpc) is 2.97. The van der Waals surface area contributed by atoms with Gasteiger partial charge >= 0.3 is 18.5 Å². The minimum Gasteiger partial charge on any atom is -0.478 e. The SMILES string of the molecule is O=C(O)/C=C/c1nc(C(F)(F)F)n2cc(-c3ccc(OC(F)(F)F)cc3)ccc12. The van der Waals surface area contributed by atoms with E-state index in [4.69, 9.17) is 5.11 Å². The summed E-state index contributed by atoms with van der Waals surface area (Å²) >= 11 is 0. The van der Waals surface area contributed by atoms with E-state index >= 15 is 0 Å². The number of ether oxygens (including phenoxy) is 1. The molecule has 0 unspecified atom stereocenters. The van der Waals surface area contributed by atoms with Gasteiger partial charge in [0.25, 0.3) is 0 Å². The monoisotopic (exact) mass is 416 g/mol. The third-order valence-electron chi connectivity index (χ3n) is 3.72. The zero-order valence-corrected chi connectivity index (χ0v) is 14.1. The highest BCUT2D eigenvalue weighted by atomic mass is 19.4. The summed E-state index contributed by atoms with van der Waals surface area (Å²) in [7, 11) is 0. The maximum absolute atomic E-state index is 13.3. The van der Waals surface area contributed by atoms with Crippen LogP contribution in [0.3, 0.4) is 0 Å². The van der Waals surface area contributed by atoms with Crippen molar-refractivity contribution in [3.05, 3.63) is 60.2 Å². The lowest BCUT2D eigenvalue weighted by molar-refractivity contribution is -0.274. The van der Waals surface area contributed by atoms with Crippen LogP contribution in [0.25, 0.3) is 22.7 Å². The first-order valence-corrected chi connectivity index (χ1v) is 7.80. The fraction of sp³-hybridized carbons (Fsp3) is 0.111. The number of nitrogens with zero attached hydrogens (tertiary/aromatic N) is 2. The van der Waals surface area contributed by atoms with E-state index in [2.05, 4.69) is 9.72 Å². The van der Waals surface area contributed by atoms with Gasteiger partial charge in [-0.2, -0.15) is 13.2 Å². The predicted octanol–water partition coefficient (Wildman–Crippen LogP) is 5.02. The van der Waals surface area contributed by atoms with Crippen molar-refractivity contribution in [3.8, 4) is 16.9 Å². The van der Waals surface area contributed by atoms with Gasteiger partial charge in [-0.15, -0.1) is 13.2 Å². The molecule has 0 aliphatic heterocycles. The highest BCUT2D eigenvalue weighted by Gasteiger charge is 2.37. The minimum absolute atomic E-state index is 0.00981. The molecular formula is C18H10F6N2O3. The molecule has 3 aromatic rings. The summed E-state index contributed by atoms with van der Waals surface area (Å²) in [6.07, 6.45) is -6.96. The summed E-state index contributed by atoms with van der Waals surface area (Å²) in [4.78, 5) is 14.1. The van der Waals surface area contributed by atoms with Crippen molar-refractivity contribution in [1.29, 1.82) is 0 Å². The van der Waals surface area contributed by atoms with Crippen LogP contribution in [0.2, 0.25) is 0 Å². The lowest BCUT2D eigenvalue weighted by Crippen LogP contribution is -2.16. The van der Waals surface area contributed by atoms with E-state index in [0.29, 0.717) is 11.6 Å². The largest absolute Gasteiger partial charge is 0.573 e. The maximum Gasteiger partial charge on any atom is 0.573 e. The summed E-state index contributed by atoms with van der Waals surface area (Å²) < 4.78 is 81.2. The van der Waals surface area contributed by atoms with E-state index in [1.165, 1.54) is 24.3 Å². The second-order valence-electron chi connectivity index (χ2n) is 5.74. The van der Waals surface area contributed by atoms with Gasteiger partial charge in [-0.1, -0.05) is 18.2 Å². The van der Waals surface area contributed by atoms with Crippen molar-refractivity contribution < 1.29 is 41.0 Å². The molecule has 0 fully saturated rings. The van der Waals surface area contributed by atoms with Gasteiger partial charge in [0, 0.05) is 12.3 Å². The molecule has 0 aliphatic carbocycles. The lowest BCUT2D eigenvalue weighted by Gasteiger charge is -2.10. The number of benzene rings is 1. The van der Waals surface area contributed by atoms with Crippen LogP contribution in [0.5, 0.6) is 5.75 Å². The van der Waals surface area contributed by atoms with Crippen LogP contribution >= 0.6 is 0 Å². The molecule has 0 aliphatic rings. The first-order valence-electron chi connectivity index (χ1n) is 7.80. The summed E-state index contributed by atoms with van der Waals surface area (Å²) in [6.45, 7) is 0. The zero-order chi connectivity index (χ0) is 21.4. The van der Waals surface area contributed by atoms with E-state index < -0.39 is 30.1 Å². The quantitative estimate of drug-likeness (QED) is 0.480. The molecule has 0 saturated carbocycles. The third-order valence-corrected chi connectivity index (χ3v) is 3.72. The van der Waals surface area contributed by atoms with Crippen LogP contribution < -0.4 is 4.74 Å². The Morgan fingerprint density at radius 3 is 2.17 bits per heavy atom. The number of halogens is 6. The maximum atomic E-state index is 13.3. The number of carboxylic acid groups (broad SMARTS) is 1. The van der Waals surface area contributed by atoms with Gasteiger partial charge in [-0.3, -0.25) is 4.40 Å². The van der Waals surface area contributed by atoms with Gasteiger partial charge in [0.05, 0.1) is 11.2 Å². The molecule has 29 heavy (non-hydrogen) atoms. The molecule has 5 nitrogen and oxygen atoms in total. The zero-order valence-electron chi connectivity index (χ0n) is 14.1. The van der Waals surface area contributed by atoms with Crippen molar-refractivity contribution in [3.63, 3.8) is 0 Å². The molecule has 0 atom stereocenters. The number of pyridine rings is 1. The second kappa shape index (κ2) is 7.15. The first kappa shape index (κ1) is 20.2. The Morgan fingerprint density at radius 2 is 1.62 bits per heavy atom. The second-order valence-corrected chi connectivity index (χ2v) is 5.74. The normalized spacial score (nSPS) is 12.6. The fourth-order valence-electron chi connectivity index (χ4n) is 2.60. The molecule has 11 heteroatoms. The van der Waals surface area contributed by atoms with Gasteiger partial charge in [-0.25, -0.2) is 9.78 Å². The summed E-state index contributed by atoms with van der Waals surface area (Å²) in [5.74, 6) is -3.09.